The summed E-state index contributed by atoms with van der Waals surface area (Å²) in [6.07, 6.45) is 8.93. The fraction of sp³-hybridized carbons (Fsp3) is 0.529. The van der Waals surface area contributed by atoms with E-state index in [0.29, 0.717) is 16.7 Å². The predicted molar refractivity (Wildman–Crippen MR) is 79.1 cm³/mol. The van der Waals surface area contributed by atoms with E-state index in [-0.39, 0.29) is 0 Å². The van der Waals surface area contributed by atoms with E-state index in [1.807, 2.05) is 0 Å². The molecule has 0 bridgehead atoms. The Hall–Kier alpha value is -0.690. The Morgan fingerprint density at radius 1 is 1.22 bits per heavy atom. The van der Waals surface area contributed by atoms with Gasteiger partial charge in [-0.2, -0.15) is 11.8 Å². The molecule has 18 heavy (non-hydrogen) atoms. The summed E-state index contributed by atoms with van der Waals surface area (Å²) in [5, 5.41) is 0. The fourth-order valence-electron chi connectivity index (χ4n) is 4.76. The molecular formula is C17H20S. The zero-order valence-electron chi connectivity index (χ0n) is 11.0. The van der Waals surface area contributed by atoms with Crippen LogP contribution in [-0.4, -0.2) is 11.5 Å². The van der Waals surface area contributed by atoms with Crippen LogP contribution in [0, 0.1) is 11.3 Å². The predicted octanol–water partition coefficient (Wildman–Crippen LogP) is 4.20. The van der Waals surface area contributed by atoms with E-state index in [9.17, 15) is 0 Å². The average Bonchev–Trinajstić information content (AvgIpc) is 2.81. The van der Waals surface area contributed by atoms with Crippen molar-refractivity contribution in [1.82, 2.24) is 0 Å². The first-order valence-corrected chi connectivity index (χ1v) is 8.27. The molecule has 3 aliphatic rings. The van der Waals surface area contributed by atoms with E-state index in [1.165, 1.54) is 30.8 Å². The third-order valence-electron chi connectivity index (χ3n) is 5.74. The lowest BCUT2D eigenvalue weighted by molar-refractivity contribution is 0.103. The smallest absolute Gasteiger partial charge is 0.0173 e. The van der Waals surface area contributed by atoms with Crippen molar-refractivity contribution in [1.29, 1.82) is 0 Å². The second-order valence-corrected chi connectivity index (χ2v) is 7.31. The molecular weight excluding hydrogens is 236 g/mol. The molecule has 1 saturated heterocycles. The van der Waals surface area contributed by atoms with Gasteiger partial charge in [0.05, 0.1) is 0 Å². The summed E-state index contributed by atoms with van der Waals surface area (Å²) >= 11 is 2.19. The van der Waals surface area contributed by atoms with Gasteiger partial charge >= 0.3 is 0 Å². The number of allylic oxidation sites excluding steroid dienone is 2. The molecule has 2 aliphatic carbocycles. The molecule has 1 aromatic carbocycles. The third-order valence-corrected chi connectivity index (χ3v) is 7.15. The number of hydrogen-bond acceptors (Lipinski definition) is 1. The van der Waals surface area contributed by atoms with Gasteiger partial charge in [-0.3, -0.25) is 0 Å². The number of aryl methyl sites for hydroxylation is 1. The van der Waals surface area contributed by atoms with E-state index in [0.717, 1.165) is 0 Å². The van der Waals surface area contributed by atoms with E-state index in [2.05, 4.69) is 55.1 Å². The summed E-state index contributed by atoms with van der Waals surface area (Å²) < 4.78 is 0. The Kier molecular flexibility index (Phi) is 2.27. The number of rotatable bonds is 0. The molecule has 1 aromatic rings. The van der Waals surface area contributed by atoms with Gasteiger partial charge in [-0.15, -0.1) is 0 Å². The van der Waals surface area contributed by atoms with E-state index in [1.54, 1.807) is 11.1 Å². The van der Waals surface area contributed by atoms with Crippen LogP contribution in [0.1, 0.15) is 30.9 Å². The van der Waals surface area contributed by atoms with Crippen LogP contribution in [0.15, 0.2) is 36.4 Å². The SMILES string of the molecule is C[C@H]1C=CCC23CCc4ccccc4C12CSC3. The highest BCUT2D eigenvalue weighted by Gasteiger charge is 2.60. The molecule has 1 heterocycles. The lowest BCUT2D eigenvalue weighted by Gasteiger charge is -2.54. The maximum Gasteiger partial charge on any atom is 0.0173 e. The van der Waals surface area contributed by atoms with Crippen LogP contribution in [0.3, 0.4) is 0 Å². The second kappa shape index (κ2) is 3.66. The summed E-state index contributed by atoms with van der Waals surface area (Å²) in [5.41, 5.74) is 4.29. The molecule has 1 fully saturated rings. The average molecular weight is 256 g/mol. The lowest BCUT2D eigenvalue weighted by atomic mass is 9.48. The second-order valence-electron chi connectivity index (χ2n) is 6.32. The standard InChI is InChI=1S/C17H20S/c1-13-5-4-9-16-10-8-14-6-2-3-7-15(14)17(13,16)12-18-11-16/h2-7,13H,8-12H2,1H3/t13-,16?,17?/m0/s1. The minimum absolute atomic E-state index is 0.432. The maximum atomic E-state index is 2.48. The summed E-state index contributed by atoms with van der Waals surface area (Å²) in [4.78, 5) is 0. The largest absolute Gasteiger partial charge is 0.160 e. The molecule has 0 saturated carbocycles. The number of benzene rings is 1. The highest BCUT2D eigenvalue weighted by atomic mass is 32.2. The van der Waals surface area contributed by atoms with Crippen LogP contribution in [0.5, 0.6) is 0 Å². The van der Waals surface area contributed by atoms with Crippen molar-refractivity contribution in [3.05, 3.63) is 47.5 Å². The quantitative estimate of drug-likeness (QED) is 0.627. The van der Waals surface area contributed by atoms with Gasteiger partial charge in [-0.25, -0.2) is 0 Å². The van der Waals surface area contributed by atoms with Gasteiger partial charge in [0.2, 0.25) is 0 Å². The van der Waals surface area contributed by atoms with Crippen LogP contribution in [0.25, 0.3) is 0 Å². The van der Waals surface area contributed by atoms with Crippen molar-refractivity contribution in [2.75, 3.05) is 11.5 Å². The molecule has 0 amide bonds. The topological polar surface area (TPSA) is 0 Å². The van der Waals surface area contributed by atoms with Gasteiger partial charge in [0.15, 0.2) is 0 Å². The Balaban J connectivity index is 2.00. The van der Waals surface area contributed by atoms with Crippen LogP contribution in [0.4, 0.5) is 0 Å². The Morgan fingerprint density at radius 2 is 2.11 bits per heavy atom. The summed E-state index contributed by atoms with van der Waals surface area (Å²) in [6, 6.07) is 9.25. The van der Waals surface area contributed by atoms with Gasteiger partial charge in [-0.1, -0.05) is 43.3 Å². The van der Waals surface area contributed by atoms with Crippen molar-refractivity contribution in [3.8, 4) is 0 Å². The molecule has 0 radical (unpaired) electrons. The number of hydrogen-bond donors (Lipinski definition) is 0. The van der Waals surface area contributed by atoms with Crippen molar-refractivity contribution < 1.29 is 0 Å². The Bertz CT molecular complexity index is 518. The van der Waals surface area contributed by atoms with E-state index >= 15 is 0 Å². The minimum Gasteiger partial charge on any atom is -0.160 e. The summed E-state index contributed by atoms with van der Waals surface area (Å²) in [6.45, 7) is 2.44. The van der Waals surface area contributed by atoms with Gasteiger partial charge in [-0.05, 0) is 41.7 Å². The van der Waals surface area contributed by atoms with Crippen molar-refractivity contribution in [3.63, 3.8) is 0 Å². The van der Waals surface area contributed by atoms with Gasteiger partial charge in [0.25, 0.3) is 0 Å². The third kappa shape index (κ3) is 1.15. The molecule has 0 nitrogen and oxygen atoms in total. The first kappa shape index (κ1) is 11.2. The van der Waals surface area contributed by atoms with Crippen molar-refractivity contribution in [2.24, 2.45) is 11.3 Å². The van der Waals surface area contributed by atoms with E-state index in [4.69, 9.17) is 0 Å². The highest BCUT2D eigenvalue weighted by molar-refractivity contribution is 7.99. The fourth-order valence-corrected chi connectivity index (χ4v) is 6.82. The zero-order valence-corrected chi connectivity index (χ0v) is 11.8. The van der Waals surface area contributed by atoms with Crippen LogP contribution >= 0.6 is 11.8 Å². The molecule has 2 unspecified atom stereocenters. The first-order valence-electron chi connectivity index (χ1n) is 7.11. The van der Waals surface area contributed by atoms with Gasteiger partial charge in [0.1, 0.15) is 0 Å². The maximum absolute atomic E-state index is 2.48. The summed E-state index contributed by atoms with van der Waals surface area (Å²) in [7, 11) is 0. The number of thioether (sulfide) groups is 1. The molecule has 4 rings (SSSR count). The minimum atomic E-state index is 0.432. The highest BCUT2D eigenvalue weighted by Crippen LogP contribution is 2.64. The molecule has 0 spiro atoms. The summed E-state index contributed by atoms with van der Waals surface area (Å²) in [5.74, 6) is 3.40. The monoisotopic (exact) mass is 256 g/mol. The molecule has 94 valence electrons. The van der Waals surface area contributed by atoms with Crippen LogP contribution < -0.4 is 0 Å². The molecule has 1 heteroatoms. The molecule has 0 aromatic heterocycles. The molecule has 0 N–H and O–H groups in total. The van der Waals surface area contributed by atoms with E-state index < -0.39 is 0 Å². The van der Waals surface area contributed by atoms with Crippen molar-refractivity contribution in [2.45, 2.75) is 31.6 Å². The zero-order chi connectivity index (χ0) is 12.2. The molecule has 3 atom stereocenters. The molecule has 1 aliphatic heterocycles. The van der Waals surface area contributed by atoms with Crippen LogP contribution in [0.2, 0.25) is 0 Å². The number of fused-ring (bicyclic) bond motifs is 1. The first-order chi connectivity index (χ1) is 8.79. The normalized spacial score (nSPS) is 41.1. The van der Waals surface area contributed by atoms with Gasteiger partial charge < -0.3 is 0 Å². The van der Waals surface area contributed by atoms with Crippen LogP contribution in [-0.2, 0) is 11.8 Å². The Morgan fingerprint density at radius 3 is 3.06 bits per heavy atom. The Labute approximate surface area is 114 Å². The van der Waals surface area contributed by atoms with Crippen molar-refractivity contribution >= 4 is 11.8 Å². The van der Waals surface area contributed by atoms with Gasteiger partial charge in [0, 0.05) is 16.9 Å². The lowest BCUT2D eigenvalue weighted by Crippen LogP contribution is -2.53.